The standard InChI is InChI=1S/C21H27N3O2S/c1-23(20(25)9-11-22-21(26)18-10-14-27-16-18)15-17-7-3-4-8-19(17)24-12-5-2-6-13-24/h3-4,7-8,10,14,16H,2,5-6,9,11-13,15H2,1H3,(H,22,26). The van der Waals surface area contributed by atoms with Gasteiger partial charge in [0.25, 0.3) is 5.91 Å². The molecule has 1 aromatic carbocycles. The van der Waals surface area contributed by atoms with Crippen molar-refractivity contribution in [1.82, 2.24) is 10.2 Å². The quantitative estimate of drug-likeness (QED) is 0.793. The fourth-order valence-electron chi connectivity index (χ4n) is 3.40. The van der Waals surface area contributed by atoms with Crippen LogP contribution in [0.3, 0.4) is 0 Å². The summed E-state index contributed by atoms with van der Waals surface area (Å²) in [5.41, 5.74) is 3.07. The number of benzene rings is 1. The smallest absolute Gasteiger partial charge is 0.252 e. The zero-order valence-electron chi connectivity index (χ0n) is 15.8. The molecule has 0 spiro atoms. The van der Waals surface area contributed by atoms with Gasteiger partial charge in [0.1, 0.15) is 0 Å². The van der Waals surface area contributed by atoms with E-state index in [0.717, 1.165) is 13.1 Å². The van der Waals surface area contributed by atoms with Crippen molar-refractivity contribution in [3.8, 4) is 0 Å². The molecule has 1 aliphatic rings. The molecule has 6 heteroatoms. The summed E-state index contributed by atoms with van der Waals surface area (Å²) in [4.78, 5) is 28.6. The van der Waals surface area contributed by atoms with Crippen LogP contribution in [0.5, 0.6) is 0 Å². The largest absolute Gasteiger partial charge is 0.371 e. The molecule has 0 unspecified atom stereocenters. The number of hydrogen-bond donors (Lipinski definition) is 1. The molecule has 1 saturated heterocycles. The molecule has 0 atom stereocenters. The Balaban J connectivity index is 1.51. The van der Waals surface area contributed by atoms with Gasteiger partial charge in [-0.15, -0.1) is 0 Å². The number of carbonyl (C=O) groups is 2. The number of piperidine rings is 1. The summed E-state index contributed by atoms with van der Waals surface area (Å²) >= 11 is 1.49. The molecule has 0 radical (unpaired) electrons. The molecule has 0 aliphatic carbocycles. The first kappa shape index (κ1) is 19.4. The van der Waals surface area contributed by atoms with E-state index in [1.54, 1.807) is 16.3 Å². The zero-order chi connectivity index (χ0) is 19.1. The van der Waals surface area contributed by atoms with Gasteiger partial charge < -0.3 is 15.1 Å². The Kier molecular flexibility index (Phi) is 6.87. The maximum absolute atomic E-state index is 12.5. The molecule has 5 nitrogen and oxygen atoms in total. The van der Waals surface area contributed by atoms with Gasteiger partial charge >= 0.3 is 0 Å². The number of amides is 2. The summed E-state index contributed by atoms with van der Waals surface area (Å²) in [5.74, 6) is -0.0868. The third kappa shape index (κ3) is 5.32. The third-order valence-corrected chi connectivity index (χ3v) is 5.61. The third-order valence-electron chi connectivity index (χ3n) is 4.93. The van der Waals surface area contributed by atoms with Crippen molar-refractivity contribution in [3.63, 3.8) is 0 Å². The maximum Gasteiger partial charge on any atom is 0.252 e. The molecule has 27 heavy (non-hydrogen) atoms. The van der Waals surface area contributed by atoms with Crippen molar-refractivity contribution in [2.45, 2.75) is 32.2 Å². The highest BCUT2D eigenvalue weighted by atomic mass is 32.1. The molecule has 0 saturated carbocycles. The fraction of sp³-hybridized carbons (Fsp3) is 0.429. The molecule has 3 rings (SSSR count). The number of carbonyl (C=O) groups excluding carboxylic acids is 2. The van der Waals surface area contributed by atoms with Crippen LogP contribution in [-0.4, -0.2) is 43.4 Å². The molecule has 2 amide bonds. The summed E-state index contributed by atoms with van der Waals surface area (Å²) in [6.45, 7) is 3.11. The van der Waals surface area contributed by atoms with E-state index in [1.807, 2.05) is 18.5 Å². The van der Waals surface area contributed by atoms with Gasteiger partial charge in [0, 0.05) is 56.3 Å². The summed E-state index contributed by atoms with van der Waals surface area (Å²) in [5, 5.41) is 6.48. The van der Waals surface area contributed by atoms with Crippen molar-refractivity contribution in [2.75, 3.05) is 31.6 Å². The van der Waals surface area contributed by atoms with E-state index in [1.165, 1.54) is 41.9 Å². The number of hydrogen-bond acceptors (Lipinski definition) is 4. The van der Waals surface area contributed by atoms with E-state index in [9.17, 15) is 9.59 Å². The van der Waals surface area contributed by atoms with Crippen molar-refractivity contribution in [3.05, 3.63) is 52.2 Å². The number of nitrogens with one attached hydrogen (secondary N) is 1. The van der Waals surface area contributed by atoms with Crippen molar-refractivity contribution in [2.24, 2.45) is 0 Å². The summed E-state index contributed by atoms with van der Waals surface area (Å²) < 4.78 is 0. The average molecular weight is 386 g/mol. The minimum absolute atomic E-state index is 0.0362. The summed E-state index contributed by atoms with van der Waals surface area (Å²) in [7, 11) is 1.83. The van der Waals surface area contributed by atoms with Crippen LogP contribution in [-0.2, 0) is 11.3 Å². The number of para-hydroxylation sites is 1. The number of rotatable bonds is 7. The van der Waals surface area contributed by atoms with Crippen LogP contribution in [0.25, 0.3) is 0 Å². The van der Waals surface area contributed by atoms with Crippen LogP contribution in [0.1, 0.15) is 41.6 Å². The van der Waals surface area contributed by atoms with Gasteiger partial charge in [0.05, 0.1) is 0 Å². The van der Waals surface area contributed by atoms with Gasteiger partial charge in [-0.3, -0.25) is 9.59 Å². The van der Waals surface area contributed by atoms with Crippen LogP contribution >= 0.6 is 11.3 Å². The van der Waals surface area contributed by atoms with E-state index < -0.39 is 0 Å². The number of nitrogens with zero attached hydrogens (tertiary/aromatic N) is 2. The second-order valence-corrected chi connectivity index (χ2v) is 7.72. The lowest BCUT2D eigenvalue weighted by molar-refractivity contribution is -0.130. The van der Waals surface area contributed by atoms with Crippen molar-refractivity contribution >= 4 is 28.8 Å². The highest BCUT2D eigenvalue weighted by Gasteiger charge is 2.17. The minimum atomic E-state index is -0.123. The van der Waals surface area contributed by atoms with E-state index in [4.69, 9.17) is 0 Å². The molecular weight excluding hydrogens is 358 g/mol. The highest BCUT2D eigenvalue weighted by Crippen LogP contribution is 2.25. The van der Waals surface area contributed by atoms with Crippen molar-refractivity contribution in [1.29, 1.82) is 0 Å². The molecular formula is C21H27N3O2S. The van der Waals surface area contributed by atoms with Gasteiger partial charge in [-0.05, 0) is 42.3 Å². The SMILES string of the molecule is CN(Cc1ccccc1N1CCCCC1)C(=O)CCNC(=O)c1ccsc1. The first-order valence-corrected chi connectivity index (χ1v) is 10.5. The monoisotopic (exact) mass is 385 g/mol. The van der Waals surface area contributed by atoms with E-state index in [0.29, 0.717) is 25.1 Å². The first-order valence-electron chi connectivity index (χ1n) is 9.52. The normalized spacial score (nSPS) is 14.0. The first-order chi connectivity index (χ1) is 13.1. The lowest BCUT2D eigenvalue weighted by Crippen LogP contribution is -2.33. The number of thiophene rings is 1. The van der Waals surface area contributed by atoms with Crippen LogP contribution in [0.4, 0.5) is 5.69 Å². The van der Waals surface area contributed by atoms with Gasteiger partial charge in [-0.1, -0.05) is 18.2 Å². The fourth-order valence-corrected chi connectivity index (χ4v) is 4.04. The Morgan fingerprint density at radius 3 is 2.67 bits per heavy atom. The van der Waals surface area contributed by atoms with Gasteiger partial charge in [0.15, 0.2) is 0 Å². The van der Waals surface area contributed by atoms with Crippen LogP contribution in [0.2, 0.25) is 0 Å². The molecule has 1 aliphatic heterocycles. The van der Waals surface area contributed by atoms with Crippen molar-refractivity contribution < 1.29 is 9.59 Å². The van der Waals surface area contributed by atoms with E-state index in [-0.39, 0.29) is 11.8 Å². The number of anilines is 1. The average Bonchev–Trinajstić information content (AvgIpc) is 3.24. The second-order valence-electron chi connectivity index (χ2n) is 6.94. The molecule has 1 aromatic heterocycles. The maximum atomic E-state index is 12.5. The lowest BCUT2D eigenvalue weighted by Gasteiger charge is -2.31. The second kappa shape index (κ2) is 9.55. The topological polar surface area (TPSA) is 52.6 Å². The Bertz CT molecular complexity index is 755. The molecule has 1 N–H and O–H groups in total. The molecule has 2 aromatic rings. The summed E-state index contributed by atoms with van der Waals surface area (Å²) in [6, 6.07) is 10.1. The lowest BCUT2D eigenvalue weighted by atomic mass is 10.1. The predicted molar refractivity (Wildman–Crippen MR) is 110 cm³/mol. The van der Waals surface area contributed by atoms with Crippen LogP contribution in [0.15, 0.2) is 41.1 Å². The van der Waals surface area contributed by atoms with Crippen LogP contribution < -0.4 is 10.2 Å². The highest BCUT2D eigenvalue weighted by molar-refractivity contribution is 7.08. The predicted octanol–water partition coefficient (Wildman–Crippen LogP) is 3.52. The Morgan fingerprint density at radius 2 is 1.93 bits per heavy atom. The molecule has 2 heterocycles. The van der Waals surface area contributed by atoms with Crippen LogP contribution in [0, 0.1) is 0 Å². The van der Waals surface area contributed by atoms with E-state index in [2.05, 4.69) is 28.4 Å². The zero-order valence-corrected chi connectivity index (χ0v) is 16.6. The van der Waals surface area contributed by atoms with Gasteiger partial charge in [-0.25, -0.2) is 0 Å². The van der Waals surface area contributed by atoms with E-state index >= 15 is 0 Å². The molecule has 144 valence electrons. The molecule has 1 fully saturated rings. The van der Waals surface area contributed by atoms with Gasteiger partial charge in [-0.2, -0.15) is 11.3 Å². The minimum Gasteiger partial charge on any atom is -0.371 e. The Hall–Kier alpha value is -2.34. The van der Waals surface area contributed by atoms with Gasteiger partial charge in [0.2, 0.25) is 5.91 Å². The Labute approximate surface area is 165 Å². The summed E-state index contributed by atoms with van der Waals surface area (Å²) in [6.07, 6.45) is 4.06. The Morgan fingerprint density at radius 1 is 1.15 bits per heavy atom. The molecule has 0 bridgehead atoms.